The minimum atomic E-state index is -0.845. The Hall–Kier alpha value is -1.36. The number of carbonyl (C=O) groups is 2. The summed E-state index contributed by atoms with van der Waals surface area (Å²) in [6.07, 6.45) is 2.91. The number of amides is 1. The predicted molar refractivity (Wildman–Crippen MR) is 69.7 cm³/mol. The number of carboxylic acids is 1. The van der Waals surface area contributed by atoms with E-state index in [1.54, 1.807) is 11.3 Å². The molecule has 0 saturated heterocycles. The van der Waals surface area contributed by atoms with Gasteiger partial charge in [0.25, 0.3) is 0 Å². The van der Waals surface area contributed by atoms with Crippen LogP contribution in [-0.4, -0.2) is 22.5 Å². The largest absolute Gasteiger partial charge is 0.481 e. The Bertz CT molecular complexity index is 463. The highest BCUT2D eigenvalue weighted by Crippen LogP contribution is 2.35. The van der Waals surface area contributed by atoms with Crippen LogP contribution in [0.3, 0.4) is 0 Å². The molecule has 0 spiro atoms. The Balaban J connectivity index is 1.91. The summed E-state index contributed by atoms with van der Waals surface area (Å²) < 4.78 is 0. The van der Waals surface area contributed by atoms with Crippen molar-refractivity contribution in [1.29, 1.82) is 0 Å². The predicted octanol–water partition coefficient (Wildman–Crippen LogP) is 2.11. The van der Waals surface area contributed by atoms with Crippen molar-refractivity contribution in [2.75, 3.05) is 0 Å². The summed E-state index contributed by atoms with van der Waals surface area (Å²) in [7, 11) is 0. The van der Waals surface area contributed by atoms with Gasteiger partial charge < -0.3 is 10.4 Å². The lowest BCUT2D eigenvalue weighted by Crippen LogP contribution is -2.55. The van der Waals surface area contributed by atoms with Crippen LogP contribution < -0.4 is 5.32 Å². The second kappa shape index (κ2) is 5.10. The summed E-state index contributed by atoms with van der Waals surface area (Å²) in [6, 6.07) is 3.94. The van der Waals surface area contributed by atoms with Gasteiger partial charge in [-0.25, -0.2) is 0 Å². The third kappa shape index (κ3) is 3.10. The van der Waals surface area contributed by atoms with E-state index in [-0.39, 0.29) is 12.3 Å². The molecule has 0 bridgehead atoms. The van der Waals surface area contributed by atoms with Crippen LogP contribution in [-0.2, 0) is 16.0 Å². The zero-order valence-corrected chi connectivity index (χ0v) is 11.2. The smallest absolute Gasteiger partial charge is 0.305 e. The van der Waals surface area contributed by atoms with Crippen LogP contribution in [0.4, 0.5) is 0 Å². The van der Waals surface area contributed by atoms with Gasteiger partial charge >= 0.3 is 5.97 Å². The number of thiophene rings is 1. The lowest BCUT2D eigenvalue weighted by atomic mass is 9.74. The molecule has 1 aliphatic carbocycles. The van der Waals surface area contributed by atoms with Crippen molar-refractivity contribution in [1.82, 2.24) is 5.32 Å². The molecule has 1 aliphatic rings. The topological polar surface area (TPSA) is 66.4 Å². The lowest BCUT2D eigenvalue weighted by Gasteiger charge is -2.41. The van der Waals surface area contributed by atoms with Crippen molar-refractivity contribution in [3.05, 3.63) is 21.9 Å². The molecule has 0 unspecified atom stereocenters. The molecule has 0 atom stereocenters. The molecular weight excluding hydrogens is 250 g/mol. The fourth-order valence-electron chi connectivity index (χ4n) is 2.32. The minimum Gasteiger partial charge on any atom is -0.481 e. The highest BCUT2D eigenvalue weighted by molar-refractivity contribution is 7.12. The molecule has 98 valence electrons. The zero-order valence-electron chi connectivity index (χ0n) is 10.4. The number of aliphatic carboxylic acids is 1. The van der Waals surface area contributed by atoms with Crippen LogP contribution in [0.15, 0.2) is 12.1 Å². The van der Waals surface area contributed by atoms with E-state index in [4.69, 9.17) is 5.11 Å². The van der Waals surface area contributed by atoms with Crippen molar-refractivity contribution in [2.45, 2.75) is 44.6 Å². The van der Waals surface area contributed by atoms with Gasteiger partial charge in [-0.3, -0.25) is 9.59 Å². The Morgan fingerprint density at radius 2 is 2.17 bits per heavy atom. The highest BCUT2D eigenvalue weighted by Gasteiger charge is 2.40. The molecule has 4 nitrogen and oxygen atoms in total. The SMILES string of the molecule is Cc1ccc(CC(=O)NC2(CC(=O)O)CCC2)s1. The highest BCUT2D eigenvalue weighted by atomic mass is 32.1. The fourth-order valence-corrected chi connectivity index (χ4v) is 3.21. The third-order valence-corrected chi connectivity index (χ3v) is 4.34. The molecule has 1 heterocycles. The first-order valence-electron chi connectivity index (χ1n) is 6.07. The number of carboxylic acid groups (broad SMARTS) is 1. The Labute approximate surface area is 110 Å². The molecule has 1 amide bonds. The van der Waals surface area contributed by atoms with Crippen LogP contribution in [0.2, 0.25) is 0 Å². The summed E-state index contributed by atoms with van der Waals surface area (Å²) in [5.74, 6) is -0.917. The minimum absolute atomic E-state index is 0.0300. The monoisotopic (exact) mass is 267 g/mol. The van der Waals surface area contributed by atoms with Crippen LogP contribution in [0, 0.1) is 6.92 Å². The van der Waals surface area contributed by atoms with Crippen molar-refractivity contribution < 1.29 is 14.7 Å². The molecule has 2 N–H and O–H groups in total. The molecule has 5 heteroatoms. The van der Waals surface area contributed by atoms with Crippen molar-refractivity contribution in [2.24, 2.45) is 0 Å². The maximum Gasteiger partial charge on any atom is 0.305 e. The van der Waals surface area contributed by atoms with Crippen molar-refractivity contribution in [3.63, 3.8) is 0 Å². The van der Waals surface area contributed by atoms with Gasteiger partial charge in [0.2, 0.25) is 5.91 Å². The molecule has 0 aliphatic heterocycles. The second-order valence-corrected chi connectivity index (χ2v) is 6.31. The average Bonchev–Trinajstić information content (AvgIpc) is 2.59. The maximum atomic E-state index is 11.9. The van der Waals surface area contributed by atoms with Gasteiger partial charge in [0, 0.05) is 9.75 Å². The Morgan fingerprint density at radius 3 is 2.61 bits per heavy atom. The van der Waals surface area contributed by atoms with E-state index in [2.05, 4.69) is 5.32 Å². The van der Waals surface area contributed by atoms with E-state index in [0.29, 0.717) is 6.42 Å². The maximum absolute atomic E-state index is 11.9. The van der Waals surface area contributed by atoms with Crippen molar-refractivity contribution >= 4 is 23.2 Å². The van der Waals surface area contributed by atoms with Crippen LogP contribution in [0.25, 0.3) is 0 Å². The number of aryl methyl sites for hydroxylation is 1. The van der Waals surface area contributed by atoms with Gasteiger partial charge in [0.1, 0.15) is 0 Å². The molecule has 1 saturated carbocycles. The van der Waals surface area contributed by atoms with Gasteiger partial charge in [-0.2, -0.15) is 0 Å². The average molecular weight is 267 g/mol. The normalized spacial score (nSPS) is 16.9. The summed E-state index contributed by atoms with van der Waals surface area (Å²) in [6.45, 7) is 2.00. The van der Waals surface area contributed by atoms with Gasteiger partial charge in [-0.05, 0) is 38.3 Å². The number of nitrogens with one attached hydrogen (secondary N) is 1. The molecule has 18 heavy (non-hydrogen) atoms. The van der Waals surface area contributed by atoms with Gasteiger partial charge in [0.15, 0.2) is 0 Å². The molecule has 0 radical (unpaired) electrons. The summed E-state index contributed by atoms with van der Waals surface area (Å²) >= 11 is 1.60. The Kier molecular flexibility index (Phi) is 3.71. The molecule has 0 aromatic carbocycles. The zero-order chi connectivity index (χ0) is 13.2. The number of rotatable bonds is 5. The summed E-state index contributed by atoms with van der Waals surface area (Å²) in [5.41, 5.74) is -0.491. The van der Waals surface area contributed by atoms with E-state index in [1.807, 2.05) is 19.1 Å². The van der Waals surface area contributed by atoms with Crippen LogP contribution in [0.5, 0.6) is 0 Å². The van der Waals surface area contributed by atoms with E-state index < -0.39 is 11.5 Å². The van der Waals surface area contributed by atoms with E-state index >= 15 is 0 Å². The van der Waals surface area contributed by atoms with Gasteiger partial charge in [-0.1, -0.05) is 0 Å². The van der Waals surface area contributed by atoms with Gasteiger partial charge in [0.05, 0.1) is 18.4 Å². The number of carbonyl (C=O) groups excluding carboxylic acids is 1. The summed E-state index contributed by atoms with van der Waals surface area (Å²) in [5, 5.41) is 11.8. The quantitative estimate of drug-likeness (QED) is 0.858. The fraction of sp³-hybridized carbons (Fsp3) is 0.538. The molecule has 1 aromatic heterocycles. The first-order chi connectivity index (χ1) is 8.49. The van der Waals surface area contributed by atoms with Gasteiger partial charge in [-0.15, -0.1) is 11.3 Å². The van der Waals surface area contributed by atoms with E-state index in [0.717, 1.165) is 24.1 Å². The first kappa shape index (κ1) is 13.1. The summed E-state index contributed by atoms with van der Waals surface area (Å²) in [4.78, 5) is 24.9. The third-order valence-electron chi connectivity index (χ3n) is 3.34. The van der Waals surface area contributed by atoms with Crippen LogP contribution in [0.1, 0.15) is 35.4 Å². The molecule has 2 rings (SSSR count). The second-order valence-electron chi connectivity index (χ2n) is 4.94. The Morgan fingerprint density at radius 1 is 1.44 bits per heavy atom. The standard InChI is InChI=1S/C13H17NO3S/c1-9-3-4-10(18-9)7-11(15)14-13(5-2-6-13)8-12(16)17/h3-4H,2,5-8H2,1H3,(H,14,15)(H,16,17). The molecular formula is C13H17NO3S. The number of hydrogen-bond donors (Lipinski definition) is 2. The van der Waals surface area contributed by atoms with Crippen LogP contribution >= 0.6 is 11.3 Å². The first-order valence-corrected chi connectivity index (χ1v) is 6.89. The lowest BCUT2D eigenvalue weighted by molar-refractivity contribution is -0.140. The number of hydrogen-bond acceptors (Lipinski definition) is 3. The van der Waals surface area contributed by atoms with E-state index in [9.17, 15) is 9.59 Å². The van der Waals surface area contributed by atoms with Crippen molar-refractivity contribution in [3.8, 4) is 0 Å². The molecule has 1 fully saturated rings. The molecule has 1 aromatic rings. The van der Waals surface area contributed by atoms with E-state index in [1.165, 1.54) is 4.88 Å².